The number of hydrogen-bond acceptors (Lipinski definition) is 4. The van der Waals surface area contributed by atoms with Crippen molar-refractivity contribution in [2.75, 3.05) is 0 Å². The minimum absolute atomic E-state index is 0. The molecular formula is C6H7Cl2KN2O4S2. The van der Waals surface area contributed by atoms with Gasteiger partial charge < -0.3 is 1.43 Å². The quantitative estimate of drug-likeness (QED) is 0.571. The molecule has 11 heteroatoms. The first-order chi connectivity index (χ1) is 7.03. The normalized spacial score (nSPS) is 12.0. The van der Waals surface area contributed by atoms with E-state index in [1.54, 1.807) is 0 Å². The monoisotopic (exact) mass is 344 g/mol. The fourth-order valence-corrected chi connectivity index (χ4v) is 2.97. The molecule has 0 aliphatic rings. The molecular weight excluding hydrogens is 338 g/mol. The van der Waals surface area contributed by atoms with Crippen molar-refractivity contribution in [1.82, 2.24) is 0 Å². The van der Waals surface area contributed by atoms with Crippen molar-refractivity contribution >= 4 is 43.2 Å². The first kappa shape index (κ1) is 18.3. The third-order valence-corrected chi connectivity index (χ3v) is 4.35. The number of primary sulfonamides is 2. The molecule has 0 aliphatic carbocycles. The van der Waals surface area contributed by atoms with Crippen LogP contribution in [0.25, 0.3) is 0 Å². The molecule has 0 aromatic heterocycles. The van der Waals surface area contributed by atoms with Crippen molar-refractivity contribution < 1.29 is 69.6 Å². The van der Waals surface area contributed by atoms with Crippen molar-refractivity contribution in [1.29, 1.82) is 0 Å². The summed E-state index contributed by atoms with van der Waals surface area (Å²) >= 11 is 11.1. The fourth-order valence-electron chi connectivity index (χ4n) is 0.911. The molecule has 0 amide bonds. The predicted molar refractivity (Wildman–Crippen MR) is 60.3 cm³/mol. The standard InChI is InChI=1S/C6H6Cl2N2O4S2.K.H/c7-4-1-3(15(9,11)12)2-5(6(4)8)16(10,13)14;;/h1-2H,(H2,9,11,12)(H2,10,13,14);;/q;+1;-1. The second-order valence-electron chi connectivity index (χ2n) is 2.81. The average molecular weight is 345 g/mol. The van der Waals surface area contributed by atoms with Crippen LogP contribution in [-0.2, 0) is 20.0 Å². The Morgan fingerprint density at radius 2 is 1.47 bits per heavy atom. The van der Waals surface area contributed by atoms with Crippen LogP contribution < -0.4 is 61.7 Å². The Labute approximate surface area is 153 Å². The summed E-state index contributed by atoms with van der Waals surface area (Å²) in [6.45, 7) is 0. The zero-order valence-corrected chi connectivity index (χ0v) is 14.8. The van der Waals surface area contributed by atoms with Gasteiger partial charge in [-0.05, 0) is 12.1 Å². The summed E-state index contributed by atoms with van der Waals surface area (Å²) in [6.07, 6.45) is 0. The SMILES string of the molecule is NS(=O)(=O)c1cc(Cl)c(Cl)c(S(N)(=O)=O)c1.[H-].[K+]. The zero-order valence-electron chi connectivity index (χ0n) is 9.51. The summed E-state index contributed by atoms with van der Waals surface area (Å²) in [7, 11) is -8.26. The molecule has 0 fully saturated rings. The van der Waals surface area contributed by atoms with E-state index in [1.165, 1.54) is 0 Å². The van der Waals surface area contributed by atoms with Gasteiger partial charge in [0, 0.05) is 0 Å². The van der Waals surface area contributed by atoms with Gasteiger partial charge in [-0.25, -0.2) is 27.1 Å². The van der Waals surface area contributed by atoms with Crippen LogP contribution in [0, 0.1) is 0 Å². The third-order valence-electron chi connectivity index (χ3n) is 1.60. The van der Waals surface area contributed by atoms with Crippen LogP contribution in [0.1, 0.15) is 1.43 Å². The first-order valence-electron chi connectivity index (χ1n) is 3.58. The van der Waals surface area contributed by atoms with E-state index in [0.717, 1.165) is 12.1 Å². The second kappa shape index (κ2) is 6.14. The van der Waals surface area contributed by atoms with E-state index in [2.05, 4.69) is 0 Å². The van der Waals surface area contributed by atoms with E-state index in [0.29, 0.717) is 0 Å². The first-order valence-corrected chi connectivity index (χ1v) is 7.43. The predicted octanol–water partition coefficient (Wildman–Crippen LogP) is -2.60. The Bertz CT molecular complexity index is 650. The van der Waals surface area contributed by atoms with Crippen molar-refractivity contribution in [2.45, 2.75) is 9.79 Å². The number of sulfonamides is 2. The number of halogens is 2. The van der Waals surface area contributed by atoms with Gasteiger partial charge in [-0.1, -0.05) is 23.2 Å². The Morgan fingerprint density at radius 1 is 1.00 bits per heavy atom. The summed E-state index contributed by atoms with van der Waals surface area (Å²) in [5.41, 5.74) is 0. The topological polar surface area (TPSA) is 120 Å². The number of rotatable bonds is 2. The molecule has 0 radical (unpaired) electrons. The molecule has 0 bridgehead atoms. The van der Waals surface area contributed by atoms with Gasteiger partial charge in [-0.3, -0.25) is 0 Å². The van der Waals surface area contributed by atoms with Gasteiger partial charge in [0.2, 0.25) is 20.0 Å². The second-order valence-corrected chi connectivity index (χ2v) is 6.68. The molecule has 0 atom stereocenters. The molecule has 0 saturated heterocycles. The van der Waals surface area contributed by atoms with Gasteiger partial charge in [0.1, 0.15) is 4.90 Å². The van der Waals surface area contributed by atoms with Crippen molar-refractivity contribution in [2.24, 2.45) is 10.3 Å². The maximum atomic E-state index is 11.1. The van der Waals surface area contributed by atoms with Crippen molar-refractivity contribution in [3.05, 3.63) is 22.2 Å². The Balaban J connectivity index is 0. The van der Waals surface area contributed by atoms with Gasteiger partial charge in [-0.2, -0.15) is 0 Å². The summed E-state index contributed by atoms with van der Waals surface area (Å²) in [5.74, 6) is 0. The van der Waals surface area contributed by atoms with E-state index in [4.69, 9.17) is 33.5 Å². The summed E-state index contributed by atoms with van der Waals surface area (Å²) in [5, 5.41) is 9.04. The molecule has 4 N–H and O–H groups in total. The summed E-state index contributed by atoms with van der Waals surface area (Å²) < 4.78 is 44.2. The minimum Gasteiger partial charge on any atom is -1.00 e. The van der Waals surface area contributed by atoms with Crippen molar-refractivity contribution in [3.63, 3.8) is 0 Å². The summed E-state index contributed by atoms with van der Waals surface area (Å²) in [4.78, 5) is -1.07. The Hall–Kier alpha value is 1.26. The molecule has 6 nitrogen and oxygen atoms in total. The summed E-state index contributed by atoms with van der Waals surface area (Å²) in [6, 6.07) is 1.69. The van der Waals surface area contributed by atoms with Gasteiger partial charge in [0.05, 0.1) is 14.9 Å². The van der Waals surface area contributed by atoms with E-state index in [-0.39, 0.29) is 62.9 Å². The van der Waals surface area contributed by atoms with E-state index in [9.17, 15) is 16.8 Å². The van der Waals surface area contributed by atoms with E-state index < -0.39 is 29.8 Å². The van der Waals surface area contributed by atoms with Crippen LogP contribution in [0.2, 0.25) is 10.0 Å². The molecule has 0 unspecified atom stereocenters. The van der Waals surface area contributed by atoms with Crippen LogP contribution in [0.15, 0.2) is 21.9 Å². The number of nitrogens with two attached hydrogens (primary N) is 2. The van der Waals surface area contributed by atoms with Crippen LogP contribution in [-0.4, -0.2) is 16.8 Å². The maximum Gasteiger partial charge on any atom is 1.00 e. The van der Waals surface area contributed by atoms with Gasteiger partial charge in [0.15, 0.2) is 0 Å². The van der Waals surface area contributed by atoms with Gasteiger partial charge in [0.25, 0.3) is 0 Å². The molecule has 0 aliphatic heterocycles. The molecule has 17 heavy (non-hydrogen) atoms. The average Bonchev–Trinajstić information content (AvgIpc) is 2.05. The smallest absolute Gasteiger partial charge is 1.00 e. The molecule has 1 rings (SSSR count). The molecule has 0 heterocycles. The molecule has 0 spiro atoms. The van der Waals surface area contributed by atoms with Crippen LogP contribution >= 0.6 is 23.2 Å². The minimum atomic E-state index is -4.18. The third kappa shape index (κ3) is 4.69. The van der Waals surface area contributed by atoms with Crippen LogP contribution in [0.3, 0.4) is 0 Å². The number of benzene rings is 1. The van der Waals surface area contributed by atoms with Gasteiger partial charge >= 0.3 is 51.4 Å². The number of hydrogen-bond donors (Lipinski definition) is 2. The molecule has 1 aromatic rings. The van der Waals surface area contributed by atoms with Crippen molar-refractivity contribution in [3.8, 4) is 0 Å². The van der Waals surface area contributed by atoms with E-state index in [1.807, 2.05) is 0 Å². The Kier molecular flexibility index (Phi) is 6.59. The molecule has 0 saturated carbocycles. The zero-order chi connectivity index (χ0) is 12.7. The molecule has 92 valence electrons. The van der Waals surface area contributed by atoms with Crippen LogP contribution in [0.5, 0.6) is 0 Å². The fraction of sp³-hybridized carbons (Fsp3) is 0. The Morgan fingerprint density at radius 3 is 1.82 bits per heavy atom. The largest absolute Gasteiger partial charge is 1.00 e. The van der Waals surface area contributed by atoms with E-state index >= 15 is 0 Å². The maximum absolute atomic E-state index is 11.1. The molecule has 1 aromatic carbocycles. The van der Waals surface area contributed by atoms with Crippen LogP contribution in [0.4, 0.5) is 0 Å². The van der Waals surface area contributed by atoms with Gasteiger partial charge in [-0.15, -0.1) is 0 Å².